The maximum Gasteiger partial charge on any atom is 0.0701 e. The van der Waals surface area contributed by atoms with Crippen LogP contribution in [0.25, 0.3) is 0 Å². The van der Waals surface area contributed by atoms with Crippen molar-refractivity contribution in [3.63, 3.8) is 0 Å². The van der Waals surface area contributed by atoms with Gasteiger partial charge in [-0.25, -0.2) is 0 Å². The van der Waals surface area contributed by atoms with Gasteiger partial charge in [-0.3, -0.25) is 0 Å². The summed E-state index contributed by atoms with van der Waals surface area (Å²) in [5.74, 6) is 0.487. The first-order chi connectivity index (χ1) is 8.60. The SMILES string of the molecule is CN(Cc1csc(Br)c1)c1ccc(CCl)cc1Cl. The maximum absolute atomic E-state index is 6.27. The first-order valence-corrected chi connectivity index (χ1v) is 7.97. The topological polar surface area (TPSA) is 3.24 Å². The predicted octanol–water partition coefficient (Wildman–Crippen LogP) is 5.54. The van der Waals surface area contributed by atoms with Crippen LogP contribution in [-0.2, 0) is 12.4 Å². The molecular weight excluding hydrogens is 353 g/mol. The number of thiophene rings is 1. The van der Waals surface area contributed by atoms with Crippen LogP contribution in [0.3, 0.4) is 0 Å². The molecule has 0 N–H and O–H groups in total. The lowest BCUT2D eigenvalue weighted by molar-refractivity contribution is 0.927. The van der Waals surface area contributed by atoms with E-state index in [0.29, 0.717) is 5.88 Å². The number of benzene rings is 1. The van der Waals surface area contributed by atoms with Crippen LogP contribution in [0.5, 0.6) is 0 Å². The molecule has 0 saturated carbocycles. The third-order valence-corrected chi connectivity index (χ3v) is 4.78. The molecular formula is C13H12BrCl2NS. The molecule has 0 amide bonds. The zero-order chi connectivity index (χ0) is 13.1. The van der Waals surface area contributed by atoms with Crippen molar-refractivity contribution in [1.82, 2.24) is 0 Å². The maximum atomic E-state index is 6.27. The second-order valence-corrected chi connectivity index (χ2v) is 7.00. The van der Waals surface area contributed by atoms with E-state index >= 15 is 0 Å². The minimum atomic E-state index is 0.487. The zero-order valence-electron chi connectivity index (χ0n) is 9.79. The second kappa shape index (κ2) is 6.29. The molecule has 2 rings (SSSR count). The molecule has 0 bridgehead atoms. The van der Waals surface area contributed by atoms with Crippen LogP contribution in [0.2, 0.25) is 5.02 Å². The molecule has 0 aliphatic rings. The van der Waals surface area contributed by atoms with E-state index in [9.17, 15) is 0 Å². The summed E-state index contributed by atoms with van der Waals surface area (Å²) < 4.78 is 1.15. The van der Waals surface area contributed by atoms with Gasteiger partial charge in [0.15, 0.2) is 0 Å². The third kappa shape index (κ3) is 3.41. The standard InChI is InChI=1S/C13H12BrCl2NS/c1-17(7-10-5-13(14)18-8-10)12-3-2-9(6-15)4-11(12)16/h2-5,8H,6-7H2,1H3. The van der Waals surface area contributed by atoms with E-state index in [1.165, 1.54) is 5.56 Å². The van der Waals surface area contributed by atoms with Gasteiger partial charge in [0.05, 0.1) is 14.5 Å². The van der Waals surface area contributed by atoms with Crippen LogP contribution in [0.4, 0.5) is 5.69 Å². The first kappa shape index (κ1) is 14.2. The van der Waals surface area contributed by atoms with Gasteiger partial charge in [0, 0.05) is 19.5 Å². The Labute approximate surface area is 129 Å². The van der Waals surface area contributed by atoms with E-state index in [1.54, 1.807) is 11.3 Å². The summed E-state index contributed by atoms with van der Waals surface area (Å²) in [6.07, 6.45) is 0. The van der Waals surface area contributed by atoms with Gasteiger partial charge in [-0.05, 0) is 50.6 Å². The lowest BCUT2D eigenvalue weighted by Gasteiger charge is -2.20. The zero-order valence-corrected chi connectivity index (χ0v) is 13.7. The lowest BCUT2D eigenvalue weighted by atomic mass is 10.2. The Morgan fingerprint density at radius 1 is 1.28 bits per heavy atom. The largest absolute Gasteiger partial charge is 0.369 e. The molecule has 2 aromatic rings. The minimum absolute atomic E-state index is 0.487. The van der Waals surface area contributed by atoms with Gasteiger partial charge in [-0.15, -0.1) is 22.9 Å². The van der Waals surface area contributed by atoms with E-state index < -0.39 is 0 Å². The molecule has 18 heavy (non-hydrogen) atoms. The fraction of sp³-hybridized carbons (Fsp3) is 0.231. The van der Waals surface area contributed by atoms with Crippen LogP contribution >= 0.6 is 50.5 Å². The number of alkyl halides is 1. The van der Waals surface area contributed by atoms with Gasteiger partial charge in [0.25, 0.3) is 0 Å². The van der Waals surface area contributed by atoms with Gasteiger partial charge < -0.3 is 4.90 Å². The summed E-state index contributed by atoms with van der Waals surface area (Å²) in [5.41, 5.74) is 3.33. The Kier molecular flexibility index (Phi) is 4.96. The molecule has 0 fully saturated rings. The predicted molar refractivity (Wildman–Crippen MR) is 85.1 cm³/mol. The highest BCUT2D eigenvalue weighted by molar-refractivity contribution is 9.11. The lowest BCUT2D eigenvalue weighted by Crippen LogP contribution is -2.16. The van der Waals surface area contributed by atoms with Crippen LogP contribution in [0.15, 0.2) is 33.4 Å². The molecule has 1 aromatic carbocycles. The van der Waals surface area contributed by atoms with Crippen molar-refractivity contribution in [1.29, 1.82) is 0 Å². The molecule has 5 heteroatoms. The number of rotatable bonds is 4. The molecule has 1 heterocycles. The second-order valence-electron chi connectivity index (χ2n) is 4.03. The monoisotopic (exact) mass is 363 g/mol. The number of nitrogens with zero attached hydrogens (tertiary/aromatic N) is 1. The summed E-state index contributed by atoms with van der Waals surface area (Å²) in [7, 11) is 2.03. The number of halogens is 3. The quantitative estimate of drug-likeness (QED) is 0.644. The summed E-state index contributed by atoms with van der Waals surface area (Å²) in [6.45, 7) is 0.835. The Hall–Kier alpha value is -0.220. The molecule has 0 atom stereocenters. The normalized spacial score (nSPS) is 10.7. The van der Waals surface area contributed by atoms with Crippen molar-refractivity contribution >= 4 is 56.2 Å². The summed E-state index contributed by atoms with van der Waals surface area (Å²) in [6, 6.07) is 8.07. The van der Waals surface area contributed by atoms with Crippen LogP contribution in [0.1, 0.15) is 11.1 Å². The van der Waals surface area contributed by atoms with Crippen molar-refractivity contribution in [3.8, 4) is 0 Å². The van der Waals surface area contributed by atoms with E-state index in [1.807, 2.05) is 25.2 Å². The van der Waals surface area contributed by atoms with Gasteiger partial charge in [-0.2, -0.15) is 0 Å². The smallest absolute Gasteiger partial charge is 0.0701 e. The fourth-order valence-corrected chi connectivity index (χ4v) is 3.44. The molecule has 0 unspecified atom stereocenters. The van der Waals surface area contributed by atoms with Crippen LogP contribution < -0.4 is 4.90 Å². The third-order valence-electron chi connectivity index (χ3n) is 2.62. The molecule has 0 aliphatic heterocycles. The van der Waals surface area contributed by atoms with Gasteiger partial charge in [-0.1, -0.05) is 17.7 Å². The number of anilines is 1. The number of hydrogen-bond acceptors (Lipinski definition) is 2. The van der Waals surface area contributed by atoms with Crippen molar-refractivity contribution in [2.24, 2.45) is 0 Å². The van der Waals surface area contributed by atoms with Crippen molar-refractivity contribution in [3.05, 3.63) is 49.6 Å². The fourth-order valence-electron chi connectivity index (χ4n) is 1.73. The highest BCUT2D eigenvalue weighted by Gasteiger charge is 2.08. The Morgan fingerprint density at radius 2 is 2.06 bits per heavy atom. The Bertz CT molecular complexity index is 542. The molecule has 0 radical (unpaired) electrons. The minimum Gasteiger partial charge on any atom is -0.369 e. The summed E-state index contributed by atoms with van der Waals surface area (Å²) in [5, 5.41) is 2.88. The van der Waals surface area contributed by atoms with Gasteiger partial charge in [0.2, 0.25) is 0 Å². The first-order valence-electron chi connectivity index (χ1n) is 5.38. The summed E-state index contributed by atoms with van der Waals surface area (Å²) >= 11 is 17.2. The van der Waals surface area contributed by atoms with Crippen LogP contribution in [0, 0.1) is 0 Å². The molecule has 1 aromatic heterocycles. The van der Waals surface area contributed by atoms with E-state index in [4.69, 9.17) is 23.2 Å². The highest BCUT2D eigenvalue weighted by Crippen LogP contribution is 2.29. The molecule has 0 aliphatic carbocycles. The molecule has 96 valence electrons. The van der Waals surface area contributed by atoms with Crippen molar-refractivity contribution in [2.75, 3.05) is 11.9 Å². The molecule has 0 spiro atoms. The number of hydrogen-bond donors (Lipinski definition) is 0. The summed E-state index contributed by atoms with van der Waals surface area (Å²) in [4.78, 5) is 2.13. The van der Waals surface area contributed by atoms with Crippen molar-refractivity contribution in [2.45, 2.75) is 12.4 Å². The van der Waals surface area contributed by atoms with Crippen molar-refractivity contribution < 1.29 is 0 Å². The average Bonchev–Trinajstić information content (AvgIpc) is 2.74. The Morgan fingerprint density at radius 3 is 2.61 bits per heavy atom. The molecule has 0 saturated heterocycles. The average molecular weight is 365 g/mol. The van der Waals surface area contributed by atoms with E-state index in [2.05, 4.69) is 32.3 Å². The van der Waals surface area contributed by atoms with Crippen LogP contribution in [-0.4, -0.2) is 7.05 Å². The van der Waals surface area contributed by atoms with E-state index in [-0.39, 0.29) is 0 Å². The van der Waals surface area contributed by atoms with E-state index in [0.717, 1.165) is 26.6 Å². The molecule has 1 nitrogen and oxygen atoms in total. The highest BCUT2D eigenvalue weighted by atomic mass is 79.9. The Balaban J connectivity index is 2.15. The van der Waals surface area contributed by atoms with Gasteiger partial charge in [0.1, 0.15) is 0 Å². The van der Waals surface area contributed by atoms with Gasteiger partial charge >= 0.3 is 0 Å².